The fourth-order valence-corrected chi connectivity index (χ4v) is 10.3. The van der Waals surface area contributed by atoms with Crippen molar-refractivity contribution in [1.82, 2.24) is 9.13 Å². The molecular weight excluding hydrogens is 951 g/mol. The van der Waals surface area contributed by atoms with Crippen molar-refractivity contribution < 1.29 is 66.2 Å². The highest BCUT2D eigenvalue weighted by molar-refractivity contribution is 5.96. The van der Waals surface area contributed by atoms with Crippen LogP contribution >= 0.6 is 0 Å². The van der Waals surface area contributed by atoms with Crippen molar-refractivity contribution >= 4 is 39.3 Å². The molecule has 0 radical (unpaired) electrons. The van der Waals surface area contributed by atoms with Gasteiger partial charge in [0.25, 0.3) is 0 Å². The number of carboxylic acid groups (broad SMARTS) is 1. The number of rotatable bonds is 15. The zero-order valence-electron chi connectivity index (χ0n) is 41.4. The first-order chi connectivity index (χ1) is 34.2. The van der Waals surface area contributed by atoms with E-state index in [9.17, 15) is 42.2 Å². The second-order valence-electron chi connectivity index (χ2n) is 21.9. The van der Waals surface area contributed by atoms with Gasteiger partial charge in [-0.15, -0.1) is 17.6 Å². The van der Waals surface area contributed by atoms with Crippen molar-refractivity contribution in [3.8, 4) is 29.1 Å². The van der Waals surface area contributed by atoms with Crippen LogP contribution in [-0.2, 0) is 62.0 Å². The molecule has 10 rings (SSSR count). The first kappa shape index (κ1) is 51.0. The number of aliphatic hydroxyl groups is 2. The van der Waals surface area contributed by atoms with E-state index in [0.717, 1.165) is 44.3 Å². The number of aliphatic carboxylic acids is 1. The van der Waals surface area contributed by atoms with E-state index < -0.39 is 41.6 Å². The van der Waals surface area contributed by atoms with E-state index in [2.05, 4.69) is 45.8 Å². The SMILES string of the molecule is CC(C)(C)c1cc2cc(CC(=O)C3(c4ccc5c(c4)OC(F)(F)O5)CC3)ccc2n1CC(O)CC#N.CC(C)(C)c1cc2cc(CC(=O)C3(c4ccc5c(c4)OC(F)(F)O5)CC3)ccc2n1CC(O)CC(=O)O. The predicted molar refractivity (Wildman–Crippen MR) is 260 cm³/mol. The molecule has 2 atom stereocenters. The first-order valence-corrected chi connectivity index (χ1v) is 24.3. The third-order valence-corrected chi connectivity index (χ3v) is 14.2. The Hall–Kier alpha value is -6.90. The molecule has 73 heavy (non-hydrogen) atoms. The number of nitrogens with zero attached hydrogens (tertiary/aromatic N) is 3. The number of alkyl halides is 4. The second kappa shape index (κ2) is 18.2. The third kappa shape index (κ3) is 10.4. The number of carbonyl (C=O) groups is 3. The lowest BCUT2D eigenvalue weighted by Crippen LogP contribution is -2.26. The smallest absolute Gasteiger partial charge is 0.481 e. The summed E-state index contributed by atoms with van der Waals surface area (Å²) in [6.45, 7) is 12.9. The molecule has 4 aliphatic rings. The quantitative estimate of drug-likeness (QED) is 0.0833. The number of aliphatic hydroxyl groups excluding tert-OH is 2. The van der Waals surface area contributed by atoms with E-state index in [1.165, 1.54) is 24.3 Å². The number of carbonyl (C=O) groups excluding carboxylic acids is 2. The van der Waals surface area contributed by atoms with Crippen LogP contribution in [0.15, 0.2) is 84.9 Å². The van der Waals surface area contributed by atoms with Crippen molar-refractivity contribution in [2.45, 2.75) is 152 Å². The fraction of sp³-hybridized carbons (Fsp3) is 0.429. The number of benzene rings is 4. The molecule has 17 heteroatoms. The lowest BCUT2D eigenvalue weighted by molar-refractivity contribution is -0.287. The molecule has 2 aromatic heterocycles. The largest absolute Gasteiger partial charge is 0.586 e. The number of hydrogen-bond donors (Lipinski definition) is 3. The monoisotopic (exact) mass is 1010 g/mol. The van der Waals surface area contributed by atoms with Crippen LogP contribution in [0.25, 0.3) is 21.8 Å². The van der Waals surface area contributed by atoms with Gasteiger partial charge in [0.15, 0.2) is 23.0 Å². The molecular formula is C56H57F4N3O10. The van der Waals surface area contributed by atoms with E-state index in [-0.39, 0.29) is 77.6 Å². The van der Waals surface area contributed by atoms with Crippen LogP contribution in [0, 0.1) is 11.3 Å². The van der Waals surface area contributed by atoms with Gasteiger partial charge < -0.3 is 43.4 Å². The van der Waals surface area contributed by atoms with Crippen LogP contribution in [-0.4, -0.2) is 66.8 Å². The van der Waals surface area contributed by atoms with Crippen molar-refractivity contribution in [1.29, 1.82) is 5.26 Å². The maximum atomic E-state index is 13.4. The minimum absolute atomic E-state index is 0.00448. The zero-order valence-corrected chi connectivity index (χ0v) is 41.4. The summed E-state index contributed by atoms with van der Waals surface area (Å²) < 4.78 is 75.8. The molecule has 2 aliphatic carbocycles. The molecule has 4 heterocycles. The number of aromatic nitrogens is 2. The van der Waals surface area contributed by atoms with Gasteiger partial charge in [0.05, 0.1) is 41.9 Å². The Kier molecular flexibility index (Phi) is 12.7. The summed E-state index contributed by atoms with van der Waals surface area (Å²) in [6.07, 6.45) is -6.52. The van der Waals surface area contributed by atoms with Gasteiger partial charge in [0, 0.05) is 70.0 Å². The number of nitriles is 1. The van der Waals surface area contributed by atoms with Gasteiger partial charge in [0.2, 0.25) is 0 Å². The lowest BCUT2D eigenvalue weighted by atomic mass is 9.87. The molecule has 0 bridgehead atoms. The molecule has 13 nitrogen and oxygen atoms in total. The van der Waals surface area contributed by atoms with Gasteiger partial charge in [-0.05, 0) is 109 Å². The molecule has 2 aliphatic heterocycles. The van der Waals surface area contributed by atoms with Gasteiger partial charge in [-0.2, -0.15) is 5.26 Å². The molecule has 0 amide bonds. The minimum Gasteiger partial charge on any atom is -0.481 e. The van der Waals surface area contributed by atoms with Crippen molar-refractivity contribution in [2.24, 2.45) is 0 Å². The van der Waals surface area contributed by atoms with Crippen LogP contribution < -0.4 is 18.9 Å². The standard InChI is InChI=1S/C28H28F2N2O4.C28H29F2NO6/c1-26(2,3)24-14-18-12-17(4-6-21(18)32(24)16-20(33)8-11-31)13-25(34)27(9-10-27)19-5-7-22-23(15-19)36-28(29,30)35-22;1-26(2,3)23-12-17-10-16(4-6-20(17)31(23)15-19(32)14-25(34)35)11-24(33)27(8-9-27)18-5-7-21-22(13-18)37-28(29,30)36-21/h4-7,12,14-15,20,33H,8-10,13,16H2,1-3H3;4-7,10,12-13,19,32H,8-9,11,14-15H2,1-3H3,(H,34,35). The summed E-state index contributed by atoms with van der Waals surface area (Å²) in [4.78, 5) is 37.9. The Morgan fingerprint density at radius 2 is 1.00 bits per heavy atom. The highest BCUT2D eigenvalue weighted by Gasteiger charge is 2.53. The number of ether oxygens (including phenoxy) is 4. The number of carboxylic acids is 1. The molecule has 4 aromatic carbocycles. The molecule has 384 valence electrons. The van der Waals surface area contributed by atoms with Gasteiger partial charge in [-0.3, -0.25) is 14.4 Å². The van der Waals surface area contributed by atoms with Gasteiger partial charge >= 0.3 is 18.6 Å². The summed E-state index contributed by atoms with van der Waals surface area (Å²) in [5.74, 6) is -1.21. The van der Waals surface area contributed by atoms with E-state index in [0.29, 0.717) is 43.4 Å². The van der Waals surface area contributed by atoms with Crippen LogP contribution in [0.3, 0.4) is 0 Å². The van der Waals surface area contributed by atoms with Gasteiger partial charge in [-0.25, -0.2) is 0 Å². The lowest BCUT2D eigenvalue weighted by Gasteiger charge is -2.23. The summed E-state index contributed by atoms with van der Waals surface area (Å²) in [7, 11) is 0. The van der Waals surface area contributed by atoms with Crippen molar-refractivity contribution in [2.75, 3.05) is 0 Å². The number of halogens is 4. The van der Waals surface area contributed by atoms with Crippen LogP contribution in [0.1, 0.15) is 114 Å². The Morgan fingerprint density at radius 1 is 0.603 bits per heavy atom. The summed E-state index contributed by atoms with van der Waals surface area (Å²) in [5, 5.41) is 40.5. The molecule has 2 saturated carbocycles. The van der Waals surface area contributed by atoms with Gasteiger partial charge in [0.1, 0.15) is 11.6 Å². The Morgan fingerprint density at radius 3 is 1.37 bits per heavy atom. The van der Waals surface area contributed by atoms with E-state index in [1.54, 1.807) is 12.1 Å². The third-order valence-electron chi connectivity index (χ3n) is 14.2. The van der Waals surface area contributed by atoms with Gasteiger partial charge in [-0.1, -0.05) is 65.8 Å². The molecule has 2 fully saturated rings. The second-order valence-corrected chi connectivity index (χ2v) is 21.9. The number of hydrogen-bond acceptors (Lipinski definition) is 10. The molecule has 0 saturated heterocycles. The number of ketones is 2. The Bertz CT molecular complexity index is 3220. The first-order valence-electron chi connectivity index (χ1n) is 24.3. The van der Waals surface area contributed by atoms with Crippen LogP contribution in [0.5, 0.6) is 23.0 Å². The summed E-state index contributed by atoms with van der Waals surface area (Å²) >= 11 is 0. The number of fused-ring (bicyclic) bond motifs is 4. The molecule has 6 aromatic rings. The highest BCUT2D eigenvalue weighted by Crippen LogP contribution is 2.54. The summed E-state index contributed by atoms with van der Waals surface area (Å²) in [5.41, 5.74) is 4.90. The minimum atomic E-state index is -3.71. The zero-order chi connectivity index (χ0) is 52.6. The summed E-state index contributed by atoms with van der Waals surface area (Å²) in [6, 6.07) is 26.8. The normalized spacial score (nSPS) is 18.1. The van der Waals surface area contributed by atoms with Crippen LogP contribution in [0.4, 0.5) is 17.6 Å². The Balaban J connectivity index is 0.000000180. The highest BCUT2D eigenvalue weighted by atomic mass is 19.3. The topological polar surface area (TPSA) is 182 Å². The Labute approximate surface area is 418 Å². The maximum absolute atomic E-state index is 13.4. The number of Topliss-reactive ketones (excluding diaryl/α,β-unsaturated/α-hetero) is 2. The van der Waals surface area contributed by atoms with Crippen molar-refractivity contribution in [3.05, 3.63) is 119 Å². The van der Waals surface area contributed by atoms with E-state index >= 15 is 0 Å². The average Bonchev–Trinajstić information content (AvgIpc) is 4.15. The molecule has 0 spiro atoms. The maximum Gasteiger partial charge on any atom is 0.586 e. The fourth-order valence-electron chi connectivity index (χ4n) is 10.3. The molecule has 3 N–H and O–H groups in total. The van der Waals surface area contributed by atoms with E-state index in [4.69, 9.17) is 10.4 Å². The van der Waals surface area contributed by atoms with E-state index in [1.807, 2.05) is 78.4 Å². The average molecular weight is 1010 g/mol. The van der Waals surface area contributed by atoms with Crippen LogP contribution in [0.2, 0.25) is 0 Å². The van der Waals surface area contributed by atoms with Crippen molar-refractivity contribution in [3.63, 3.8) is 0 Å². The molecule has 2 unspecified atom stereocenters. The predicted octanol–water partition coefficient (Wildman–Crippen LogP) is 10.3.